The van der Waals surface area contributed by atoms with Gasteiger partial charge in [0.2, 0.25) is 5.88 Å². The first-order valence-corrected chi connectivity index (χ1v) is 11.9. The fourth-order valence-electron chi connectivity index (χ4n) is 4.46. The fraction of sp³-hybridized carbons (Fsp3) is 0.269. The first-order valence-electron chi connectivity index (χ1n) is 11.9. The van der Waals surface area contributed by atoms with Crippen molar-refractivity contribution in [1.29, 1.82) is 5.26 Å². The number of piperazine rings is 1. The maximum absolute atomic E-state index is 15.0. The van der Waals surface area contributed by atoms with Gasteiger partial charge in [-0.3, -0.25) is 0 Å². The molecule has 8 nitrogen and oxygen atoms in total. The van der Waals surface area contributed by atoms with Gasteiger partial charge in [0.15, 0.2) is 28.8 Å². The second kappa shape index (κ2) is 10.0. The summed E-state index contributed by atoms with van der Waals surface area (Å²) in [5.41, 5.74) is -0.580. The topological polar surface area (TPSA) is 93.1 Å². The van der Waals surface area contributed by atoms with Gasteiger partial charge in [0.1, 0.15) is 12.4 Å². The number of aryl methyl sites for hydroxylation is 1. The molecule has 0 atom stereocenters. The number of nitrogens with zero attached hydrogens (tertiary/aromatic N) is 5. The molecule has 0 bridgehead atoms. The molecule has 2 aromatic heterocycles. The van der Waals surface area contributed by atoms with E-state index in [2.05, 4.69) is 20.3 Å². The second-order valence-electron chi connectivity index (χ2n) is 9.17. The lowest BCUT2D eigenvalue weighted by atomic mass is 10.1. The average molecular weight is 544 g/mol. The SMILES string of the molecule is Cc1cc2c(F)c(Oc3ncnc(Nc4ccc(N5CCN(C)CC5)c(C(F)(F)F)c4)c3C#N)cc(F)c2[nH]1. The number of aromatic nitrogens is 3. The van der Waals surface area contributed by atoms with Crippen LogP contribution in [0.15, 0.2) is 36.7 Å². The van der Waals surface area contributed by atoms with E-state index in [-0.39, 0.29) is 33.7 Å². The third-order valence-electron chi connectivity index (χ3n) is 6.44. The van der Waals surface area contributed by atoms with Crippen LogP contribution < -0.4 is 15.0 Å². The zero-order valence-corrected chi connectivity index (χ0v) is 20.8. The molecular formula is C26H22F5N7O. The molecule has 3 heterocycles. The molecule has 0 aliphatic carbocycles. The molecule has 202 valence electrons. The van der Waals surface area contributed by atoms with Crippen LogP contribution in [0.5, 0.6) is 11.6 Å². The van der Waals surface area contributed by atoms with Gasteiger partial charge in [0.25, 0.3) is 0 Å². The van der Waals surface area contributed by atoms with Crippen LogP contribution in [0, 0.1) is 29.9 Å². The van der Waals surface area contributed by atoms with Crippen molar-refractivity contribution in [2.45, 2.75) is 13.1 Å². The Morgan fingerprint density at radius 3 is 2.51 bits per heavy atom. The summed E-state index contributed by atoms with van der Waals surface area (Å²) in [4.78, 5) is 14.2. The number of aromatic amines is 1. The molecule has 2 N–H and O–H groups in total. The van der Waals surface area contributed by atoms with Crippen molar-refractivity contribution in [3.63, 3.8) is 0 Å². The summed E-state index contributed by atoms with van der Waals surface area (Å²) in [5.74, 6) is -2.73. The minimum absolute atomic E-state index is 0.0165. The standard InChI is InChI=1S/C26H22F5N7O/c1-14-9-16-22(28)21(11-19(27)23(16)35-14)39-25-17(12-32)24(33-13-34-25)36-15-3-4-20(18(10-15)26(29,30)31)38-7-5-37(2)6-8-38/h3-4,9-11,13,35H,5-8H2,1-2H3,(H,33,34,36). The van der Waals surface area contributed by atoms with Gasteiger partial charge in [-0.25, -0.2) is 18.7 Å². The number of H-pyrrole nitrogens is 1. The highest BCUT2D eigenvalue weighted by Crippen LogP contribution is 2.40. The zero-order valence-electron chi connectivity index (χ0n) is 20.8. The van der Waals surface area contributed by atoms with Crippen molar-refractivity contribution in [1.82, 2.24) is 19.9 Å². The molecule has 2 aromatic carbocycles. The summed E-state index contributed by atoms with van der Waals surface area (Å²) >= 11 is 0. The number of halogens is 5. The minimum Gasteiger partial charge on any atom is -0.434 e. The normalized spacial score (nSPS) is 14.5. The number of benzene rings is 2. The monoisotopic (exact) mass is 543 g/mol. The summed E-state index contributed by atoms with van der Waals surface area (Å²) in [6.07, 6.45) is -3.64. The van der Waals surface area contributed by atoms with Crippen LogP contribution in [0.25, 0.3) is 10.9 Å². The van der Waals surface area contributed by atoms with Crippen molar-refractivity contribution in [3.05, 3.63) is 65.1 Å². The molecule has 0 unspecified atom stereocenters. The van der Waals surface area contributed by atoms with E-state index in [1.54, 1.807) is 11.8 Å². The van der Waals surface area contributed by atoms with E-state index in [9.17, 15) is 22.8 Å². The zero-order chi connectivity index (χ0) is 27.9. The van der Waals surface area contributed by atoms with E-state index in [0.29, 0.717) is 31.9 Å². The highest BCUT2D eigenvalue weighted by atomic mass is 19.4. The summed E-state index contributed by atoms with van der Waals surface area (Å²) < 4.78 is 77.0. The van der Waals surface area contributed by atoms with E-state index < -0.39 is 35.0 Å². The largest absolute Gasteiger partial charge is 0.434 e. The van der Waals surface area contributed by atoms with Gasteiger partial charge >= 0.3 is 6.18 Å². The van der Waals surface area contributed by atoms with Crippen LogP contribution in [0.3, 0.4) is 0 Å². The van der Waals surface area contributed by atoms with E-state index in [4.69, 9.17) is 4.74 Å². The Morgan fingerprint density at radius 1 is 1.08 bits per heavy atom. The van der Waals surface area contributed by atoms with Crippen molar-refractivity contribution in [3.8, 4) is 17.7 Å². The first kappa shape index (κ1) is 26.2. The van der Waals surface area contributed by atoms with Crippen LogP contribution in [0.1, 0.15) is 16.8 Å². The molecule has 0 radical (unpaired) electrons. The van der Waals surface area contributed by atoms with Crippen LogP contribution in [-0.4, -0.2) is 53.1 Å². The van der Waals surface area contributed by atoms with Gasteiger partial charge in [-0.1, -0.05) is 0 Å². The minimum atomic E-state index is -4.63. The molecule has 0 saturated carbocycles. The van der Waals surface area contributed by atoms with E-state index in [1.165, 1.54) is 18.2 Å². The maximum atomic E-state index is 15.0. The van der Waals surface area contributed by atoms with Gasteiger partial charge in [0, 0.05) is 54.7 Å². The van der Waals surface area contributed by atoms with Gasteiger partial charge in [-0.05, 0) is 38.2 Å². The molecule has 1 fully saturated rings. The van der Waals surface area contributed by atoms with Crippen molar-refractivity contribution >= 4 is 28.1 Å². The van der Waals surface area contributed by atoms with Gasteiger partial charge in [0.05, 0.1) is 11.1 Å². The Bertz CT molecular complexity index is 1590. The molecule has 1 aliphatic heterocycles. The lowest BCUT2D eigenvalue weighted by Gasteiger charge is -2.35. The molecule has 1 saturated heterocycles. The van der Waals surface area contributed by atoms with Crippen molar-refractivity contribution < 1.29 is 26.7 Å². The van der Waals surface area contributed by atoms with Crippen molar-refractivity contribution in [2.75, 3.05) is 43.4 Å². The summed E-state index contributed by atoms with van der Waals surface area (Å²) in [5, 5.41) is 12.4. The lowest BCUT2D eigenvalue weighted by molar-refractivity contribution is -0.137. The number of alkyl halides is 3. The second-order valence-corrected chi connectivity index (χ2v) is 9.17. The number of nitriles is 1. The molecule has 1 aliphatic rings. The summed E-state index contributed by atoms with van der Waals surface area (Å²) in [7, 11) is 1.91. The number of likely N-dealkylation sites (N-methyl/N-ethyl adjacent to an activating group) is 1. The quantitative estimate of drug-likeness (QED) is 0.311. The molecule has 0 spiro atoms. The van der Waals surface area contributed by atoms with Crippen molar-refractivity contribution in [2.24, 2.45) is 0 Å². The Labute approximate surface area is 219 Å². The first-order chi connectivity index (χ1) is 18.5. The lowest BCUT2D eigenvalue weighted by Crippen LogP contribution is -2.45. The third kappa shape index (κ3) is 5.15. The number of rotatable bonds is 5. The number of anilines is 3. The number of hydrogen-bond acceptors (Lipinski definition) is 7. The Balaban J connectivity index is 1.47. The maximum Gasteiger partial charge on any atom is 0.418 e. The number of hydrogen-bond donors (Lipinski definition) is 2. The molecular weight excluding hydrogens is 521 g/mol. The summed E-state index contributed by atoms with van der Waals surface area (Å²) in [6.45, 7) is 3.80. The molecule has 39 heavy (non-hydrogen) atoms. The predicted molar refractivity (Wildman–Crippen MR) is 134 cm³/mol. The fourth-order valence-corrected chi connectivity index (χ4v) is 4.46. The van der Waals surface area contributed by atoms with E-state index >= 15 is 4.39 Å². The van der Waals surface area contributed by atoms with Gasteiger partial charge < -0.3 is 24.8 Å². The highest BCUT2D eigenvalue weighted by Gasteiger charge is 2.36. The Morgan fingerprint density at radius 2 is 1.82 bits per heavy atom. The van der Waals surface area contributed by atoms with Crippen LogP contribution in [0.4, 0.5) is 39.1 Å². The van der Waals surface area contributed by atoms with E-state index in [1.807, 2.05) is 18.0 Å². The third-order valence-corrected chi connectivity index (χ3v) is 6.44. The number of nitrogens with one attached hydrogen (secondary N) is 2. The molecule has 13 heteroatoms. The predicted octanol–water partition coefficient (Wildman–Crippen LogP) is 5.72. The Kier molecular flexibility index (Phi) is 6.73. The smallest absolute Gasteiger partial charge is 0.418 e. The van der Waals surface area contributed by atoms with Gasteiger partial charge in [-0.2, -0.15) is 18.4 Å². The Hall–Kier alpha value is -4.44. The van der Waals surface area contributed by atoms with Crippen LogP contribution in [0.2, 0.25) is 0 Å². The molecule has 0 amide bonds. The average Bonchev–Trinajstić information content (AvgIpc) is 3.30. The summed E-state index contributed by atoms with van der Waals surface area (Å²) in [6, 6.07) is 7.80. The molecule has 4 aromatic rings. The van der Waals surface area contributed by atoms with Crippen LogP contribution >= 0.6 is 0 Å². The van der Waals surface area contributed by atoms with Gasteiger partial charge in [-0.15, -0.1) is 0 Å². The number of ether oxygens (including phenoxy) is 1. The highest BCUT2D eigenvalue weighted by molar-refractivity contribution is 5.83. The van der Waals surface area contributed by atoms with Crippen LogP contribution in [-0.2, 0) is 6.18 Å². The molecule has 5 rings (SSSR count). The van der Waals surface area contributed by atoms with E-state index in [0.717, 1.165) is 18.5 Å². The number of fused-ring (bicyclic) bond motifs is 1.